The van der Waals surface area contributed by atoms with Gasteiger partial charge in [-0.15, -0.1) is 0 Å². The molecule has 0 atom stereocenters. The SMILES string of the molecule is Cc1ncccc1Nc1cc2nc3ccc(F)cc3n(-c3ccc(Cl)cc3)c-2c/c1=N\C(C)C. The van der Waals surface area contributed by atoms with Crippen molar-refractivity contribution in [1.82, 2.24) is 14.5 Å². The van der Waals surface area contributed by atoms with E-state index < -0.39 is 0 Å². The highest BCUT2D eigenvalue weighted by atomic mass is 35.5. The van der Waals surface area contributed by atoms with Crippen LogP contribution >= 0.6 is 11.6 Å². The maximum atomic E-state index is 14.3. The lowest BCUT2D eigenvalue weighted by molar-refractivity contribution is 0.629. The number of aryl methyl sites for hydroxylation is 1. The quantitative estimate of drug-likeness (QED) is 0.297. The van der Waals surface area contributed by atoms with Crippen molar-refractivity contribution < 1.29 is 4.39 Å². The van der Waals surface area contributed by atoms with E-state index in [1.165, 1.54) is 12.1 Å². The van der Waals surface area contributed by atoms with E-state index in [0.717, 1.165) is 39.5 Å². The van der Waals surface area contributed by atoms with Gasteiger partial charge in [0.2, 0.25) is 0 Å². The van der Waals surface area contributed by atoms with Gasteiger partial charge in [0, 0.05) is 29.0 Å². The van der Waals surface area contributed by atoms with Crippen molar-refractivity contribution in [1.29, 1.82) is 0 Å². The van der Waals surface area contributed by atoms with Crippen molar-refractivity contribution >= 4 is 34.0 Å². The van der Waals surface area contributed by atoms with Crippen LogP contribution < -0.4 is 10.7 Å². The third kappa shape index (κ3) is 4.24. The molecule has 2 aromatic carbocycles. The molecule has 1 aliphatic carbocycles. The summed E-state index contributed by atoms with van der Waals surface area (Å²) in [5, 5.41) is 4.89. The lowest BCUT2D eigenvalue weighted by atomic mass is 10.1. The predicted octanol–water partition coefficient (Wildman–Crippen LogP) is 6.68. The zero-order valence-corrected chi connectivity index (χ0v) is 19.8. The number of benzene rings is 3. The van der Waals surface area contributed by atoms with E-state index >= 15 is 0 Å². The Morgan fingerprint density at radius 3 is 2.53 bits per heavy atom. The molecule has 0 spiro atoms. The summed E-state index contributed by atoms with van der Waals surface area (Å²) in [6.45, 7) is 6.02. The number of hydrogen-bond donors (Lipinski definition) is 1. The van der Waals surface area contributed by atoms with E-state index in [0.29, 0.717) is 16.1 Å². The normalized spacial score (nSPS) is 12.1. The number of nitrogens with one attached hydrogen (secondary N) is 1. The summed E-state index contributed by atoms with van der Waals surface area (Å²) in [4.78, 5) is 14.1. The number of anilines is 2. The minimum absolute atomic E-state index is 0.0721. The first kappa shape index (κ1) is 22.0. The van der Waals surface area contributed by atoms with Gasteiger partial charge in [-0.2, -0.15) is 0 Å². The van der Waals surface area contributed by atoms with Crippen LogP contribution in [0.25, 0.3) is 28.1 Å². The van der Waals surface area contributed by atoms with Crippen LogP contribution in [0.4, 0.5) is 15.8 Å². The number of nitrogens with zero attached hydrogens (tertiary/aromatic N) is 4. The van der Waals surface area contributed by atoms with Gasteiger partial charge in [0.1, 0.15) is 5.82 Å². The molecular weight excluding hydrogens is 449 g/mol. The molecule has 0 amide bonds. The summed E-state index contributed by atoms with van der Waals surface area (Å²) in [5.74, 6) is -0.325. The van der Waals surface area contributed by atoms with Gasteiger partial charge in [0.15, 0.2) is 0 Å². The third-order valence-electron chi connectivity index (χ3n) is 5.51. The summed E-state index contributed by atoms with van der Waals surface area (Å²) in [6, 6.07) is 20.0. The van der Waals surface area contributed by atoms with Gasteiger partial charge in [-0.1, -0.05) is 11.6 Å². The van der Waals surface area contributed by atoms with Crippen molar-refractivity contribution in [2.45, 2.75) is 26.8 Å². The van der Waals surface area contributed by atoms with Crippen LogP contribution in [-0.2, 0) is 0 Å². The van der Waals surface area contributed by atoms with Crippen LogP contribution in [0.5, 0.6) is 0 Å². The number of hydrogen-bond acceptors (Lipinski definition) is 4. The van der Waals surface area contributed by atoms with Crippen LogP contribution in [0.15, 0.2) is 77.9 Å². The molecule has 34 heavy (non-hydrogen) atoms. The Balaban J connectivity index is 1.85. The number of fused-ring (bicyclic) bond motifs is 2. The van der Waals surface area contributed by atoms with Crippen molar-refractivity contribution in [2.75, 3.05) is 5.32 Å². The van der Waals surface area contributed by atoms with Crippen molar-refractivity contribution in [3.05, 3.63) is 94.8 Å². The topological polar surface area (TPSA) is 55.1 Å². The van der Waals surface area contributed by atoms with Gasteiger partial charge >= 0.3 is 0 Å². The van der Waals surface area contributed by atoms with Gasteiger partial charge in [-0.3, -0.25) is 9.98 Å². The fourth-order valence-corrected chi connectivity index (χ4v) is 4.11. The molecule has 1 N–H and O–H groups in total. The smallest absolute Gasteiger partial charge is 0.125 e. The highest BCUT2D eigenvalue weighted by molar-refractivity contribution is 6.30. The first-order chi connectivity index (χ1) is 16.4. The highest BCUT2D eigenvalue weighted by Crippen LogP contribution is 2.31. The minimum atomic E-state index is -0.325. The van der Waals surface area contributed by atoms with Gasteiger partial charge in [-0.05, 0) is 81.4 Å². The number of rotatable bonds is 4. The second-order valence-corrected chi connectivity index (χ2v) is 8.84. The maximum absolute atomic E-state index is 14.3. The van der Waals surface area contributed by atoms with Crippen LogP contribution in [0.2, 0.25) is 5.02 Å². The van der Waals surface area contributed by atoms with E-state index in [1.807, 2.05) is 73.9 Å². The maximum Gasteiger partial charge on any atom is 0.125 e. The van der Waals surface area contributed by atoms with E-state index in [4.69, 9.17) is 21.6 Å². The Hall–Kier alpha value is -3.77. The van der Waals surface area contributed by atoms with E-state index in [2.05, 4.69) is 10.3 Å². The molecular formula is C27H23ClFN5. The summed E-state index contributed by atoms with van der Waals surface area (Å²) < 4.78 is 16.3. The molecule has 0 radical (unpaired) electrons. The molecule has 0 saturated heterocycles. The molecule has 0 unspecified atom stereocenters. The largest absolute Gasteiger partial charge is 0.352 e. The lowest BCUT2D eigenvalue weighted by Gasteiger charge is -2.20. The number of pyridine rings is 1. The molecule has 1 aromatic heterocycles. The number of halogens is 2. The van der Waals surface area contributed by atoms with Crippen LogP contribution in [0.1, 0.15) is 19.5 Å². The Morgan fingerprint density at radius 1 is 1.00 bits per heavy atom. The van der Waals surface area contributed by atoms with Gasteiger partial charge < -0.3 is 9.88 Å². The van der Waals surface area contributed by atoms with E-state index in [-0.39, 0.29) is 11.9 Å². The second kappa shape index (κ2) is 8.88. The standard InChI is InChI=1S/C27H23ClFN5/c1-16(2)31-24-15-27-25(14-23(24)32-21-5-4-12-30-17(21)3)33-22-11-8-19(29)13-26(22)34(27)20-9-6-18(28)7-10-20/h4-16,32H,1-3H3/b31-24+. The Morgan fingerprint density at radius 2 is 1.79 bits per heavy atom. The van der Waals surface area contributed by atoms with Crippen molar-refractivity contribution in [3.8, 4) is 17.1 Å². The Bertz CT molecular complexity index is 1540. The molecule has 0 fully saturated rings. The average Bonchev–Trinajstić information content (AvgIpc) is 2.80. The molecule has 0 saturated carbocycles. The van der Waals surface area contributed by atoms with Gasteiger partial charge in [-0.25, -0.2) is 9.37 Å². The highest BCUT2D eigenvalue weighted by Gasteiger charge is 2.17. The fourth-order valence-electron chi connectivity index (χ4n) is 3.98. The molecule has 3 aromatic rings. The molecule has 0 bridgehead atoms. The Kier molecular flexibility index (Phi) is 5.75. The van der Waals surface area contributed by atoms with Crippen molar-refractivity contribution in [2.24, 2.45) is 4.99 Å². The molecule has 2 aliphatic rings. The van der Waals surface area contributed by atoms with Crippen LogP contribution in [0, 0.1) is 12.7 Å². The fraction of sp³-hybridized carbons (Fsp3) is 0.148. The molecule has 5 rings (SSSR count). The zero-order valence-electron chi connectivity index (χ0n) is 19.1. The average molecular weight is 472 g/mol. The van der Waals surface area contributed by atoms with Gasteiger partial charge in [0.05, 0.1) is 44.8 Å². The second-order valence-electron chi connectivity index (χ2n) is 8.40. The van der Waals surface area contributed by atoms with E-state index in [1.54, 1.807) is 12.3 Å². The zero-order chi connectivity index (χ0) is 23.8. The summed E-state index contributed by atoms with van der Waals surface area (Å²) >= 11 is 6.14. The lowest BCUT2D eigenvalue weighted by Crippen LogP contribution is -2.17. The van der Waals surface area contributed by atoms with Crippen LogP contribution in [-0.4, -0.2) is 20.6 Å². The molecule has 1 aliphatic heterocycles. The third-order valence-corrected chi connectivity index (χ3v) is 5.76. The first-order valence-electron chi connectivity index (χ1n) is 11.0. The molecule has 5 nitrogen and oxygen atoms in total. The number of aromatic nitrogens is 3. The summed E-state index contributed by atoms with van der Waals surface area (Å²) in [6.07, 6.45) is 1.77. The Labute approximate surface area is 202 Å². The first-order valence-corrected chi connectivity index (χ1v) is 11.4. The van der Waals surface area contributed by atoms with Gasteiger partial charge in [0.25, 0.3) is 0 Å². The minimum Gasteiger partial charge on any atom is -0.352 e. The molecule has 7 heteroatoms. The van der Waals surface area contributed by atoms with E-state index in [9.17, 15) is 4.39 Å². The predicted molar refractivity (Wildman–Crippen MR) is 136 cm³/mol. The molecule has 170 valence electrons. The monoisotopic (exact) mass is 471 g/mol. The summed E-state index contributed by atoms with van der Waals surface area (Å²) in [7, 11) is 0. The van der Waals surface area contributed by atoms with Crippen molar-refractivity contribution in [3.63, 3.8) is 0 Å². The molecule has 2 heterocycles. The summed E-state index contributed by atoms with van der Waals surface area (Å²) in [5.41, 5.74) is 6.37. The van der Waals surface area contributed by atoms with Crippen LogP contribution in [0.3, 0.4) is 0 Å².